The number of nitrogens with two attached hydrogens (primary N) is 1. The lowest BCUT2D eigenvalue weighted by atomic mass is 10.1. The van der Waals surface area contributed by atoms with Crippen LogP contribution >= 0.6 is 11.6 Å². The number of methoxy groups -OCH3 is 2. The third kappa shape index (κ3) is 12.3. The van der Waals surface area contributed by atoms with Crippen molar-refractivity contribution >= 4 is 34.7 Å². The normalized spacial score (nSPS) is 12.0. The molecule has 2 aliphatic rings. The Labute approximate surface area is 323 Å². The number of nitrogens with one attached hydrogen (secondary N) is 1. The average molecular weight is 779 g/mol. The van der Waals surface area contributed by atoms with E-state index in [4.69, 9.17) is 55.2 Å². The highest BCUT2D eigenvalue weighted by Gasteiger charge is 2.21. The highest BCUT2D eigenvalue weighted by Crippen LogP contribution is 2.36. The van der Waals surface area contributed by atoms with Crippen molar-refractivity contribution in [1.82, 2.24) is 5.32 Å². The highest BCUT2D eigenvalue weighted by molar-refractivity contribution is 6.68. The van der Waals surface area contributed by atoms with Crippen molar-refractivity contribution in [1.29, 1.82) is 0 Å². The van der Waals surface area contributed by atoms with Gasteiger partial charge in [-0.05, 0) is 85.1 Å². The lowest BCUT2D eigenvalue weighted by Crippen LogP contribution is -2.31. The molecule has 55 heavy (non-hydrogen) atoms. The van der Waals surface area contributed by atoms with Crippen molar-refractivity contribution in [3.05, 3.63) is 106 Å². The summed E-state index contributed by atoms with van der Waals surface area (Å²) in [6, 6.07) is 21.2. The first-order valence-corrected chi connectivity index (χ1v) is 17.5. The second-order valence-electron chi connectivity index (χ2n) is 11.7. The summed E-state index contributed by atoms with van der Waals surface area (Å²) in [5.41, 5.74) is 9.15. The van der Waals surface area contributed by atoms with E-state index in [1.54, 1.807) is 64.5 Å². The molecule has 0 radical (unpaired) electrons. The minimum absolute atomic E-state index is 0.0871. The van der Waals surface area contributed by atoms with E-state index in [1.165, 1.54) is 0 Å². The Morgan fingerprint density at radius 2 is 1.07 bits per heavy atom. The number of carbonyl (C=O) groups excluding carboxylic acids is 4. The van der Waals surface area contributed by atoms with Gasteiger partial charge in [-0.2, -0.15) is 0 Å². The van der Waals surface area contributed by atoms with Crippen LogP contribution in [-0.2, 0) is 32.3 Å². The summed E-state index contributed by atoms with van der Waals surface area (Å²) in [6.45, 7) is 5.62. The second kappa shape index (κ2) is 21.0. The molecule has 2 heterocycles. The number of hydrogen-bond acceptors (Lipinski definition) is 13. The van der Waals surface area contributed by atoms with Crippen molar-refractivity contribution in [2.45, 2.75) is 27.1 Å². The first kappa shape index (κ1) is 41.8. The fourth-order valence-corrected chi connectivity index (χ4v) is 5.30. The molecule has 2 aliphatic heterocycles. The Morgan fingerprint density at radius 1 is 0.636 bits per heavy atom. The largest absolute Gasteiger partial charge is 0.497 e. The molecule has 0 saturated heterocycles. The summed E-state index contributed by atoms with van der Waals surface area (Å²) in [6.07, 6.45) is 0. The van der Waals surface area contributed by atoms with Gasteiger partial charge in [0.1, 0.15) is 57.7 Å². The smallest absolute Gasteiger partial charge is 0.325 e. The molecule has 15 heteroatoms. The van der Waals surface area contributed by atoms with E-state index >= 15 is 0 Å². The molecule has 14 nitrogen and oxygen atoms in total. The summed E-state index contributed by atoms with van der Waals surface area (Å²) >= 11 is 5.42. The van der Waals surface area contributed by atoms with Gasteiger partial charge in [0.2, 0.25) is 0 Å². The first-order valence-electron chi connectivity index (χ1n) is 17.1. The molecule has 4 aromatic rings. The predicted octanol–water partition coefficient (Wildman–Crippen LogP) is 5.09. The van der Waals surface area contributed by atoms with Crippen molar-refractivity contribution < 1.29 is 57.1 Å². The molecule has 0 unspecified atom stereocenters. The number of carbonyl (C=O) groups is 4. The van der Waals surface area contributed by atoms with Gasteiger partial charge in [-0.15, -0.1) is 0 Å². The first-order chi connectivity index (χ1) is 26.5. The minimum Gasteiger partial charge on any atom is -0.497 e. The van der Waals surface area contributed by atoms with Crippen molar-refractivity contribution in [2.75, 3.05) is 53.7 Å². The number of fused-ring (bicyclic) bond motifs is 2. The molecule has 4 aromatic carbocycles. The van der Waals surface area contributed by atoms with Crippen LogP contribution < -0.4 is 39.5 Å². The Morgan fingerprint density at radius 3 is 1.53 bits per heavy atom. The Bertz CT molecular complexity index is 1930. The summed E-state index contributed by atoms with van der Waals surface area (Å²) in [4.78, 5) is 46.0. The van der Waals surface area contributed by atoms with E-state index in [0.717, 1.165) is 28.2 Å². The minimum atomic E-state index is -0.519. The van der Waals surface area contributed by atoms with Gasteiger partial charge >= 0.3 is 11.9 Å². The number of benzene rings is 4. The monoisotopic (exact) mass is 778 g/mol. The maximum Gasteiger partial charge on any atom is 0.325 e. The third-order valence-corrected chi connectivity index (χ3v) is 8.25. The van der Waals surface area contributed by atoms with Crippen LogP contribution in [0.25, 0.3) is 0 Å². The number of rotatable bonds is 11. The molecule has 6 rings (SSSR count). The van der Waals surface area contributed by atoms with Crippen LogP contribution in [0.1, 0.15) is 43.0 Å². The van der Waals surface area contributed by atoms with Crippen molar-refractivity contribution in [2.24, 2.45) is 5.73 Å². The molecule has 0 aliphatic carbocycles. The van der Waals surface area contributed by atoms with Crippen LogP contribution in [0.5, 0.6) is 34.5 Å². The van der Waals surface area contributed by atoms with Gasteiger partial charge in [0.15, 0.2) is 23.0 Å². The van der Waals surface area contributed by atoms with Gasteiger partial charge in [0, 0.05) is 22.3 Å². The Hall–Kier alpha value is -5.99. The quantitative estimate of drug-likeness (QED) is 0.152. The van der Waals surface area contributed by atoms with E-state index in [-0.39, 0.29) is 32.2 Å². The van der Waals surface area contributed by atoms with E-state index in [0.29, 0.717) is 66.1 Å². The van der Waals surface area contributed by atoms with Crippen LogP contribution in [0.15, 0.2) is 72.8 Å². The number of hydrogen-bond donors (Lipinski definition) is 2. The van der Waals surface area contributed by atoms with Crippen LogP contribution in [0.3, 0.4) is 0 Å². The zero-order chi connectivity index (χ0) is 39.7. The summed E-state index contributed by atoms with van der Waals surface area (Å²) < 4.78 is 41.9. The molecule has 0 aromatic heterocycles. The zero-order valence-corrected chi connectivity index (χ0v) is 31.7. The van der Waals surface area contributed by atoms with Gasteiger partial charge in [-0.3, -0.25) is 19.2 Å². The number of halogens is 1. The second-order valence-corrected chi connectivity index (χ2v) is 12.0. The molecular weight excluding hydrogens is 736 g/mol. The van der Waals surface area contributed by atoms with E-state index in [1.807, 2.05) is 36.4 Å². The van der Waals surface area contributed by atoms with Gasteiger partial charge in [0.05, 0.1) is 20.8 Å². The molecule has 0 spiro atoms. The molecule has 0 bridgehead atoms. The highest BCUT2D eigenvalue weighted by atomic mass is 35.5. The van der Waals surface area contributed by atoms with Crippen molar-refractivity contribution in [3.8, 4) is 34.5 Å². The number of amides is 1. The SMILES string of the molecule is COc1ccc(COC(=O)CN)cc1.COc1ccc(COC(=O)CNC(=O)c2ccc3c(c2C)OCCO3)cc1.Cc1c(C(=O)Cl)ccc2c1OCCO2. The van der Waals surface area contributed by atoms with Gasteiger partial charge < -0.3 is 48.9 Å². The van der Waals surface area contributed by atoms with E-state index in [9.17, 15) is 19.2 Å². The zero-order valence-electron chi connectivity index (χ0n) is 30.9. The summed E-state index contributed by atoms with van der Waals surface area (Å²) in [7, 11) is 3.19. The van der Waals surface area contributed by atoms with E-state index in [2.05, 4.69) is 5.32 Å². The van der Waals surface area contributed by atoms with Gasteiger partial charge in [-0.1, -0.05) is 24.3 Å². The Balaban J connectivity index is 0.000000202. The van der Waals surface area contributed by atoms with Crippen LogP contribution in [0.4, 0.5) is 0 Å². The fraction of sp³-hybridized carbons (Fsp3) is 0.300. The van der Waals surface area contributed by atoms with Gasteiger partial charge in [-0.25, -0.2) is 0 Å². The van der Waals surface area contributed by atoms with Crippen molar-refractivity contribution in [3.63, 3.8) is 0 Å². The molecular formula is C40H43ClN2O12. The lowest BCUT2D eigenvalue weighted by molar-refractivity contribution is -0.144. The fourth-order valence-electron chi connectivity index (χ4n) is 5.10. The Kier molecular flexibility index (Phi) is 16.0. The van der Waals surface area contributed by atoms with E-state index < -0.39 is 17.2 Å². The lowest BCUT2D eigenvalue weighted by Gasteiger charge is -2.21. The van der Waals surface area contributed by atoms with Crippen LogP contribution in [0.2, 0.25) is 0 Å². The molecule has 0 atom stereocenters. The number of esters is 2. The molecule has 0 fully saturated rings. The maximum atomic E-state index is 12.4. The van der Waals surface area contributed by atoms with Crippen LogP contribution in [-0.4, -0.2) is 76.8 Å². The molecule has 292 valence electrons. The van der Waals surface area contributed by atoms with Gasteiger partial charge in [0.25, 0.3) is 11.1 Å². The number of ether oxygens (including phenoxy) is 8. The third-order valence-electron chi connectivity index (χ3n) is 8.05. The molecule has 3 N–H and O–H groups in total. The standard InChI is InChI=1S/C20H21NO6.C10H9ClO3.C10H13NO3/c1-13-16(7-8-17-19(13)26-10-9-25-17)20(23)21-11-18(22)27-12-14-3-5-15(24-2)6-4-14;1-6-7(10(11)12)2-3-8-9(6)14-5-4-13-8;1-13-9-4-2-8(3-5-9)7-14-10(12)6-11/h3-8H,9-12H2,1-2H3,(H,21,23);2-3H,4-5H2,1H3;2-5H,6-7,11H2,1H3. The molecule has 0 saturated carbocycles. The van der Waals surface area contributed by atoms with Crippen LogP contribution in [0, 0.1) is 13.8 Å². The predicted molar refractivity (Wildman–Crippen MR) is 201 cm³/mol. The average Bonchev–Trinajstić information content (AvgIpc) is 3.22. The topological polar surface area (TPSA) is 180 Å². The molecule has 1 amide bonds. The summed E-state index contributed by atoms with van der Waals surface area (Å²) in [5, 5.41) is 2.10. The summed E-state index contributed by atoms with van der Waals surface area (Å²) in [5.74, 6) is 2.70. The maximum absolute atomic E-state index is 12.4.